The Bertz CT molecular complexity index is 248. The number of rotatable bonds is 13. The van der Waals surface area contributed by atoms with Crippen LogP contribution in [0.1, 0.15) is 19.3 Å². The molecular weight excluding hydrogens is 252 g/mol. The topological polar surface area (TPSA) is 96.9 Å². The van der Waals surface area contributed by atoms with Crippen molar-refractivity contribution in [1.82, 2.24) is 10.6 Å². The Labute approximate surface area is 113 Å². The van der Waals surface area contributed by atoms with Gasteiger partial charge < -0.3 is 25.2 Å². The van der Waals surface area contributed by atoms with Crippen molar-refractivity contribution in [3.8, 4) is 0 Å². The second-order valence-electron chi connectivity index (χ2n) is 3.93. The molecule has 1 amide bonds. The molecule has 0 unspecified atom stereocenters. The molecule has 0 aliphatic heterocycles. The molecule has 0 atom stereocenters. The number of carboxylic acid groups (broad SMARTS) is 1. The van der Waals surface area contributed by atoms with Crippen molar-refractivity contribution in [3.05, 3.63) is 0 Å². The minimum absolute atomic E-state index is 0.0233. The Kier molecular flexibility index (Phi) is 12.4. The van der Waals surface area contributed by atoms with Crippen LogP contribution in [-0.2, 0) is 19.1 Å². The van der Waals surface area contributed by atoms with Crippen molar-refractivity contribution in [2.75, 3.05) is 46.6 Å². The Balaban J connectivity index is 3.13. The maximum atomic E-state index is 11.1. The van der Waals surface area contributed by atoms with Gasteiger partial charge in [-0.3, -0.25) is 9.59 Å². The van der Waals surface area contributed by atoms with Crippen LogP contribution in [0, 0.1) is 0 Å². The summed E-state index contributed by atoms with van der Waals surface area (Å²) in [5, 5.41) is 14.0. The first-order valence-corrected chi connectivity index (χ1v) is 6.45. The first-order valence-electron chi connectivity index (χ1n) is 6.45. The van der Waals surface area contributed by atoms with Crippen LogP contribution >= 0.6 is 0 Å². The summed E-state index contributed by atoms with van der Waals surface area (Å²) in [6.45, 7) is 3.64. The van der Waals surface area contributed by atoms with E-state index in [0.717, 1.165) is 6.54 Å². The van der Waals surface area contributed by atoms with Gasteiger partial charge in [-0.1, -0.05) is 0 Å². The van der Waals surface area contributed by atoms with Crippen LogP contribution in [0.3, 0.4) is 0 Å². The molecule has 0 fully saturated rings. The molecule has 0 saturated carbocycles. The number of hydrogen-bond acceptors (Lipinski definition) is 5. The van der Waals surface area contributed by atoms with Gasteiger partial charge in [-0.25, -0.2) is 0 Å². The summed E-state index contributed by atoms with van der Waals surface area (Å²) >= 11 is 0. The molecule has 0 bridgehead atoms. The minimum Gasteiger partial charge on any atom is -0.481 e. The number of carbonyl (C=O) groups excluding carboxylic acids is 1. The van der Waals surface area contributed by atoms with Gasteiger partial charge >= 0.3 is 5.97 Å². The highest BCUT2D eigenvalue weighted by molar-refractivity contribution is 5.80. The average Bonchev–Trinajstić information content (AvgIpc) is 2.38. The molecule has 0 heterocycles. The zero-order valence-corrected chi connectivity index (χ0v) is 11.4. The quantitative estimate of drug-likeness (QED) is 0.396. The van der Waals surface area contributed by atoms with Gasteiger partial charge in [-0.05, 0) is 13.5 Å². The van der Waals surface area contributed by atoms with Crippen molar-refractivity contribution >= 4 is 11.9 Å². The van der Waals surface area contributed by atoms with E-state index in [0.29, 0.717) is 39.4 Å². The second-order valence-corrected chi connectivity index (χ2v) is 3.93. The Hall–Kier alpha value is -1.18. The third kappa shape index (κ3) is 14.8. The number of hydrogen-bond donors (Lipinski definition) is 3. The average molecular weight is 276 g/mol. The lowest BCUT2D eigenvalue weighted by atomic mass is 10.3. The number of carbonyl (C=O) groups is 2. The molecule has 0 aromatic heterocycles. The summed E-state index contributed by atoms with van der Waals surface area (Å²) < 4.78 is 10.6. The number of nitrogens with one attached hydrogen (secondary N) is 2. The van der Waals surface area contributed by atoms with Crippen molar-refractivity contribution in [2.45, 2.75) is 19.3 Å². The molecule has 0 aromatic rings. The molecule has 0 aliphatic rings. The second kappa shape index (κ2) is 13.3. The minimum atomic E-state index is -0.961. The maximum Gasteiger partial charge on any atom is 0.303 e. The Morgan fingerprint density at radius 3 is 2.32 bits per heavy atom. The van der Waals surface area contributed by atoms with E-state index in [2.05, 4.69) is 10.6 Å². The molecule has 7 nitrogen and oxygen atoms in total. The van der Waals surface area contributed by atoms with Gasteiger partial charge in [0, 0.05) is 26.1 Å². The van der Waals surface area contributed by atoms with Gasteiger partial charge in [-0.15, -0.1) is 0 Å². The normalized spacial score (nSPS) is 10.4. The molecule has 0 saturated heterocycles. The van der Waals surface area contributed by atoms with Crippen LogP contribution in [0.4, 0.5) is 0 Å². The largest absolute Gasteiger partial charge is 0.481 e. The zero-order valence-electron chi connectivity index (χ0n) is 11.4. The molecule has 112 valence electrons. The van der Waals surface area contributed by atoms with Gasteiger partial charge in [-0.2, -0.15) is 0 Å². The summed E-state index contributed by atoms with van der Waals surface area (Å²) in [6, 6.07) is 0. The third-order valence-electron chi connectivity index (χ3n) is 2.22. The van der Waals surface area contributed by atoms with Crippen molar-refractivity contribution in [3.63, 3.8) is 0 Å². The molecule has 7 heteroatoms. The van der Waals surface area contributed by atoms with E-state index >= 15 is 0 Å². The molecule has 0 aromatic carbocycles. The third-order valence-corrected chi connectivity index (χ3v) is 2.22. The number of aliphatic carboxylic acids is 1. The van der Waals surface area contributed by atoms with Crippen LogP contribution in [0.5, 0.6) is 0 Å². The van der Waals surface area contributed by atoms with Gasteiger partial charge in [0.05, 0.1) is 26.2 Å². The molecular formula is C12H24N2O5. The smallest absolute Gasteiger partial charge is 0.303 e. The Morgan fingerprint density at radius 2 is 1.68 bits per heavy atom. The fourth-order valence-corrected chi connectivity index (χ4v) is 1.21. The fourth-order valence-electron chi connectivity index (χ4n) is 1.21. The molecule has 19 heavy (non-hydrogen) atoms. The summed E-state index contributed by atoms with van der Waals surface area (Å²) in [5.41, 5.74) is 0. The van der Waals surface area contributed by atoms with Gasteiger partial charge in [0.2, 0.25) is 5.91 Å². The van der Waals surface area contributed by atoms with Crippen LogP contribution < -0.4 is 10.6 Å². The predicted octanol–water partition coefficient (Wildman–Crippen LogP) is -0.390. The highest BCUT2D eigenvalue weighted by atomic mass is 16.5. The van der Waals surface area contributed by atoms with Crippen molar-refractivity contribution in [1.29, 1.82) is 0 Å². The van der Waals surface area contributed by atoms with Crippen LogP contribution in [-0.4, -0.2) is 63.5 Å². The number of carboxylic acids is 1. The Morgan fingerprint density at radius 1 is 1.00 bits per heavy atom. The predicted molar refractivity (Wildman–Crippen MR) is 70.1 cm³/mol. The lowest BCUT2D eigenvalue weighted by Gasteiger charge is -2.06. The van der Waals surface area contributed by atoms with E-state index in [1.165, 1.54) is 0 Å². The lowest BCUT2D eigenvalue weighted by molar-refractivity contribution is -0.138. The first kappa shape index (κ1) is 17.8. The van der Waals surface area contributed by atoms with E-state index in [9.17, 15) is 9.59 Å². The summed E-state index contributed by atoms with van der Waals surface area (Å²) in [6.07, 6.45) is 0.594. The van der Waals surface area contributed by atoms with E-state index in [1.54, 1.807) is 0 Å². The molecule has 3 N–H and O–H groups in total. The lowest BCUT2D eigenvalue weighted by Crippen LogP contribution is -2.25. The maximum absolute atomic E-state index is 11.1. The van der Waals surface area contributed by atoms with E-state index in [-0.39, 0.29) is 18.7 Å². The highest BCUT2D eigenvalue weighted by Crippen LogP contribution is 1.89. The van der Waals surface area contributed by atoms with Crippen LogP contribution in [0.25, 0.3) is 0 Å². The van der Waals surface area contributed by atoms with Gasteiger partial charge in [0.15, 0.2) is 0 Å². The van der Waals surface area contributed by atoms with E-state index in [4.69, 9.17) is 14.6 Å². The SMILES string of the molecule is CNCCOCCOCCCNC(=O)CCC(=O)O. The summed E-state index contributed by atoms with van der Waals surface area (Å²) in [7, 11) is 1.87. The molecule has 0 radical (unpaired) electrons. The van der Waals surface area contributed by atoms with E-state index in [1.807, 2.05) is 7.05 Å². The monoisotopic (exact) mass is 276 g/mol. The number of amides is 1. The van der Waals surface area contributed by atoms with E-state index < -0.39 is 5.97 Å². The molecule has 0 rings (SSSR count). The number of ether oxygens (including phenoxy) is 2. The fraction of sp³-hybridized carbons (Fsp3) is 0.833. The first-order chi connectivity index (χ1) is 9.16. The highest BCUT2D eigenvalue weighted by Gasteiger charge is 2.03. The van der Waals surface area contributed by atoms with Crippen LogP contribution in [0.2, 0.25) is 0 Å². The molecule has 0 spiro atoms. The van der Waals surface area contributed by atoms with Crippen LogP contribution in [0.15, 0.2) is 0 Å². The summed E-state index contributed by atoms with van der Waals surface area (Å²) in [5.74, 6) is -1.20. The molecule has 0 aliphatic carbocycles. The van der Waals surface area contributed by atoms with Crippen molar-refractivity contribution in [2.24, 2.45) is 0 Å². The summed E-state index contributed by atoms with van der Waals surface area (Å²) in [4.78, 5) is 21.4. The zero-order chi connectivity index (χ0) is 14.3. The number of likely N-dealkylation sites (N-methyl/N-ethyl adjacent to an activating group) is 1. The van der Waals surface area contributed by atoms with Gasteiger partial charge in [0.1, 0.15) is 0 Å². The van der Waals surface area contributed by atoms with Gasteiger partial charge in [0.25, 0.3) is 0 Å². The standard InChI is InChI=1S/C12H24N2O5/c1-13-6-8-19-10-9-18-7-2-5-14-11(15)3-4-12(16)17/h13H,2-10H2,1H3,(H,14,15)(H,16,17). The van der Waals surface area contributed by atoms with Crippen molar-refractivity contribution < 1.29 is 24.2 Å².